The van der Waals surface area contributed by atoms with Crippen LogP contribution in [0.4, 0.5) is 14.5 Å². The van der Waals surface area contributed by atoms with Crippen molar-refractivity contribution in [3.8, 4) is 5.75 Å². The number of ether oxygens (including phenoxy) is 1. The van der Waals surface area contributed by atoms with Crippen molar-refractivity contribution in [3.05, 3.63) is 54.1 Å². The van der Waals surface area contributed by atoms with E-state index in [1.165, 1.54) is 0 Å². The van der Waals surface area contributed by atoms with Crippen molar-refractivity contribution in [1.29, 1.82) is 0 Å². The second-order valence-electron chi connectivity index (χ2n) is 4.40. The fourth-order valence-corrected chi connectivity index (χ4v) is 2.84. The van der Waals surface area contributed by atoms with Crippen LogP contribution in [0.2, 0.25) is 0 Å². The Bertz CT molecular complexity index is 632. The Morgan fingerprint density at radius 3 is 2.52 bits per heavy atom. The van der Waals surface area contributed by atoms with Gasteiger partial charge in [-0.1, -0.05) is 0 Å². The zero-order valence-electron chi connectivity index (χ0n) is 11.2. The van der Waals surface area contributed by atoms with E-state index in [9.17, 15) is 13.0 Å². The fraction of sp³-hybridized carbons (Fsp3) is 0.200. The van der Waals surface area contributed by atoms with Gasteiger partial charge in [-0.3, -0.25) is 4.21 Å². The monoisotopic (exact) mass is 311 g/mol. The number of anilines is 1. The molecule has 0 aromatic heterocycles. The van der Waals surface area contributed by atoms with Gasteiger partial charge < -0.3 is 10.5 Å². The largest absolute Gasteiger partial charge is 0.494 e. The SMILES string of the molecule is Nc1ccc(OCCCS(=O)c2cc(F)ccc2F)cc1. The molecule has 0 radical (unpaired) electrons. The van der Waals surface area contributed by atoms with Crippen molar-refractivity contribution in [2.24, 2.45) is 0 Å². The molecule has 0 aliphatic carbocycles. The summed E-state index contributed by atoms with van der Waals surface area (Å²) in [5.74, 6) is -0.394. The highest BCUT2D eigenvalue weighted by molar-refractivity contribution is 7.85. The summed E-state index contributed by atoms with van der Waals surface area (Å²) in [5.41, 5.74) is 6.19. The van der Waals surface area contributed by atoms with E-state index < -0.39 is 22.4 Å². The highest BCUT2D eigenvalue weighted by Crippen LogP contribution is 2.16. The second kappa shape index (κ2) is 7.17. The Morgan fingerprint density at radius 1 is 1.10 bits per heavy atom. The van der Waals surface area contributed by atoms with Gasteiger partial charge in [0.05, 0.1) is 22.3 Å². The van der Waals surface area contributed by atoms with Crippen molar-refractivity contribution < 1.29 is 17.7 Å². The van der Waals surface area contributed by atoms with E-state index in [1.54, 1.807) is 24.3 Å². The van der Waals surface area contributed by atoms with E-state index in [4.69, 9.17) is 10.5 Å². The summed E-state index contributed by atoms with van der Waals surface area (Å²) in [6, 6.07) is 9.85. The number of rotatable bonds is 6. The molecule has 0 saturated heterocycles. The molecule has 6 heteroatoms. The van der Waals surface area contributed by atoms with E-state index in [0.717, 1.165) is 18.2 Å². The topological polar surface area (TPSA) is 52.3 Å². The summed E-state index contributed by atoms with van der Waals surface area (Å²) < 4.78 is 43.8. The summed E-state index contributed by atoms with van der Waals surface area (Å²) >= 11 is 0. The Hall–Kier alpha value is -1.95. The van der Waals surface area contributed by atoms with Crippen LogP contribution in [0.25, 0.3) is 0 Å². The number of benzene rings is 2. The van der Waals surface area contributed by atoms with Crippen LogP contribution in [0.3, 0.4) is 0 Å². The van der Waals surface area contributed by atoms with Gasteiger partial charge in [0.2, 0.25) is 0 Å². The number of hydrogen-bond acceptors (Lipinski definition) is 3. The predicted octanol–water partition coefficient (Wildman–Crippen LogP) is 3.12. The molecule has 2 aromatic rings. The lowest BCUT2D eigenvalue weighted by molar-refractivity contribution is 0.318. The Balaban J connectivity index is 1.81. The molecule has 0 amide bonds. The maximum Gasteiger partial charge on any atom is 0.139 e. The zero-order chi connectivity index (χ0) is 15.2. The molecule has 1 atom stereocenters. The molecular weight excluding hydrogens is 296 g/mol. The Labute approximate surface area is 124 Å². The van der Waals surface area contributed by atoms with E-state index in [-0.39, 0.29) is 10.6 Å². The first-order chi connectivity index (χ1) is 10.1. The molecule has 2 aromatic carbocycles. The standard InChI is InChI=1S/C15H15F2NO2S/c16-11-2-7-14(17)15(10-11)21(19)9-1-8-20-13-5-3-12(18)4-6-13/h2-7,10H,1,8-9,18H2. The predicted molar refractivity (Wildman–Crippen MR) is 78.6 cm³/mol. The third-order valence-corrected chi connectivity index (χ3v) is 4.22. The van der Waals surface area contributed by atoms with Crippen molar-refractivity contribution in [2.75, 3.05) is 18.1 Å². The minimum atomic E-state index is -1.58. The molecular formula is C15H15F2NO2S. The van der Waals surface area contributed by atoms with Gasteiger partial charge in [-0.05, 0) is 48.9 Å². The van der Waals surface area contributed by atoms with Gasteiger partial charge >= 0.3 is 0 Å². The van der Waals surface area contributed by atoms with Crippen LogP contribution in [0, 0.1) is 11.6 Å². The van der Waals surface area contributed by atoms with Crippen LogP contribution in [0.15, 0.2) is 47.4 Å². The number of hydrogen-bond donors (Lipinski definition) is 1. The molecule has 2 rings (SSSR count). The average Bonchev–Trinajstić information content (AvgIpc) is 2.47. The van der Waals surface area contributed by atoms with Gasteiger partial charge in [0, 0.05) is 11.4 Å². The quantitative estimate of drug-likeness (QED) is 0.659. The molecule has 0 aliphatic heterocycles. The van der Waals surface area contributed by atoms with Gasteiger partial charge in [-0.2, -0.15) is 0 Å². The third-order valence-electron chi connectivity index (χ3n) is 2.76. The van der Waals surface area contributed by atoms with Crippen molar-refractivity contribution >= 4 is 16.5 Å². The molecule has 0 fully saturated rings. The van der Waals surface area contributed by atoms with Crippen molar-refractivity contribution in [3.63, 3.8) is 0 Å². The lowest BCUT2D eigenvalue weighted by Crippen LogP contribution is -2.06. The van der Waals surface area contributed by atoms with Crippen LogP contribution in [0.5, 0.6) is 5.75 Å². The normalized spacial score (nSPS) is 12.1. The second-order valence-corrected chi connectivity index (χ2v) is 5.93. The summed E-state index contributed by atoms with van der Waals surface area (Å²) in [7, 11) is -1.58. The highest BCUT2D eigenvalue weighted by atomic mass is 32.2. The zero-order valence-corrected chi connectivity index (χ0v) is 12.0. The summed E-state index contributed by atoms with van der Waals surface area (Å²) in [5, 5.41) is 0. The molecule has 112 valence electrons. The molecule has 0 heterocycles. The van der Waals surface area contributed by atoms with E-state index >= 15 is 0 Å². The molecule has 1 unspecified atom stereocenters. The lowest BCUT2D eigenvalue weighted by Gasteiger charge is -2.07. The molecule has 0 saturated carbocycles. The Morgan fingerprint density at radius 2 is 1.81 bits per heavy atom. The minimum Gasteiger partial charge on any atom is -0.494 e. The van der Waals surface area contributed by atoms with Gasteiger partial charge in [0.15, 0.2) is 0 Å². The maximum atomic E-state index is 13.4. The molecule has 0 aliphatic rings. The summed E-state index contributed by atoms with van der Waals surface area (Å²) in [4.78, 5) is -0.109. The Kier molecular flexibility index (Phi) is 5.27. The molecule has 2 N–H and O–H groups in total. The van der Waals surface area contributed by atoms with E-state index in [0.29, 0.717) is 24.5 Å². The maximum absolute atomic E-state index is 13.4. The van der Waals surface area contributed by atoms with Crippen LogP contribution in [0.1, 0.15) is 6.42 Å². The van der Waals surface area contributed by atoms with Crippen LogP contribution < -0.4 is 10.5 Å². The first-order valence-electron chi connectivity index (χ1n) is 6.38. The minimum absolute atomic E-state index is 0.109. The molecule has 21 heavy (non-hydrogen) atoms. The van der Waals surface area contributed by atoms with Crippen molar-refractivity contribution in [1.82, 2.24) is 0 Å². The highest BCUT2D eigenvalue weighted by Gasteiger charge is 2.11. The van der Waals surface area contributed by atoms with Crippen LogP contribution in [-0.2, 0) is 10.8 Å². The molecule has 0 bridgehead atoms. The first-order valence-corrected chi connectivity index (χ1v) is 7.70. The van der Waals surface area contributed by atoms with Gasteiger partial charge in [-0.15, -0.1) is 0 Å². The van der Waals surface area contributed by atoms with Gasteiger partial charge in [0.1, 0.15) is 17.4 Å². The fourth-order valence-electron chi connectivity index (χ4n) is 1.71. The van der Waals surface area contributed by atoms with E-state index in [2.05, 4.69) is 0 Å². The number of nitrogen functional groups attached to an aromatic ring is 1. The third kappa shape index (κ3) is 4.53. The average molecular weight is 311 g/mol. The first kappa shape index (κ1) is 15.4. The smallest absolute Gasteiger partial charge is 0.139 e. The lowest BCUT2D eigenvalue weighted by atomic mass is 10.3. The summed E-state index contributed by atoms with van der Waals surface area (Å²) in [6.45, 7) is 0.340. The number of halogens is 2. The van der Waals surface area contributed by atoms with Crippen LogP contribution >= 0.6 is 0 Å². The summed E-state index contributed by atoms with van der Waals surface area (Å²) in [6.07, 6.45) is 0.465. The van der Waals surface area contributed by atoms with Gasteiger partial charge in [-0.25, -0.2) is 8.78 Å². The molecule has 0 spiro atoms. The number of nitrogens with two attached hydrogens (primary N) is 1. The van der Waals surface area contributed by atoms with E-state index in [1.807, 2.05) is 0 Å². The van der Waals surface area contributed by atoms with Crippen LogP contribution in [-0.4, -0.2) is 16.6 Å². The molecule has 3 nitrogen and oxygen atoms in total. The van der Waals surface area contributed by atoms with Gasteiger partial charge in [0.25, 0.3) is 0 Å². The van der Waals surface area contributed by atoms with Crippen molar-refractivity contribution in [2.45, 2.75) is 11.3 Å².